The van der Waals surface area contributed by atoms with E-state index < -0.39 is 4.92 Å². The van der Waals surface area contributed by atoms with Crippen molar-refractivity contribution in [2.75, 3.05) is 6.79 Å². The first kappa shape index (κ1) is 14.2. The molecule has 1 aromatic heterocycles. The highest BCUT2D eigenvalue weighted by Crippen LogP contribution is 2.36. The van der Waals surface area contributed by atoms with Crippen LogP contribution < -0.4 is 9.47 Å². The first-order chi connectivity index (χ1) is 11.6. The molecular weight excluding hydrogens is 314 g/mol. The minimum atomic E-state index is -0.426. The summed E-state index contributed by atoms with van der Waals surface area (Å²) in [6.07, 6.45) is 0. The number of nitro benzene ring substituents is 1. The van der Waals surface area contributed by atoms with Crippen molar-refractivity contribution in [3.63, 3.8) is 0 Å². The van der Waals surface area contributed by atoms with E-state index in [2.05, 4.69) is 10.2 Å². The summed E-state index contributed by atoms with van der Waals surface area (Å²) in [5, 5.41) is 18.9. The Labute approximate surface area is 135 Å². The highest BCUT2D eigenvalue weighted by molar-refractivity contribution is 5.63. The van der Waals surface area contributed by atoms with Gasteiger partial charge in [-0.3, -0.25) is 10.1 Å². The van der Waals surface area contributed by atoms with E-state index in [-0.39, 0.29) is 12.5 Å². The van der Waals surface area contributed by atoms with Crippen LogP contribution in [0, 0.1) is 17.0 Å². The van der Waals surface area contributed by atoms with Crippen LogP contribution in [0.25, 0.3) is 22.9 Å². The van der Waals surface area contributed by atoms with Crippen molar-refractivity contribution in [1.29, 1.82) is 0 Å². The largest absolute Gasteiger partial charge is 0.454 e. The summed E-state index contributed by atoms with van der Waals surface area (Å²) in [6, 6.07) is 10.00. The standard InChI is InChI=1S/C16H11N3O5/c1-9-6-10(2-4-12(9)19(20)21)15-17-18-16(24-15)11-3-5-13-14(7-11)23-8-22-13/h2-7H,8H2,1H3. The number of rotatable bonds is 3. The molecule has 0 radical (unpaired) electrons. The average Bonchev–Trinajstić information content (AvgIpc) is 3.23. The summed E-state index contributed by atoms with van der Waals surface area (Å²) >= 11 is 0. The van der Waals surface area contributed by atoms with E-state index in [1.165, 1.54) is 6.07 Å². The zero-order chi connectivity index (χ0) is 16.7. The molecule has 2 aromatic carbocycles. The summed E-state index contributed by atoms with van der Waals surface area (Å²) in [5.74, 6) is 1.92. The normalized spacial score (nSPS) is 12.4. The lowest BCUT2D eigenvalue weighted by Gasteiger charge is -2.00. The van der Waals surface area contributed by atoms with Gasteiger partial charge < -0.3 is 13.9 Å². The minimum Gasteiger partial charge on any atom is -0.454 e. The van der Waals surface area contributed by atoms with Crippen LogP contribution in [0.5, 0.6) is 11.5 Å². The van der Waals surface area contributed by atoms with Crippen molar-refractivity contribution in [1.82, 2.24) is 10.2 Å². The van der Waals surface area contributed by atoms with Gasteiger partial charge in [0.25, 0.3) is 5.69 Å². The number of aromatic nitrogens is 2. The molecule has 1 aliphatic heterocycles. The van der Waals surface area contributed by atoms with Gasteiger partial charge in [-0.2, -0.15) is 0 Å². The fourth-order valence-electron chi connectivity index (χ4n) is 2.48. The quantitative estimate of drug-likeness (QED) is 0.537. The van der Waals surface area contributed by atoms with E-state index in [9.17, 15) is 10.1 Å². The van der Waals surface area contributed by atoms with Crippen LogP contribution in [0.15, 0.2) is 40.8 Å². The van der Waals surface area contributed by atoms with Crippen molar-refractivity contribution < 1.29 is 18.8 Å². The van der Waals surface area contributed by atoms with E-state index in [0.717, 1.165) is 0 Å². The van der Waals surface area contributed by atoms with Gasteiger partial charge in [-0.15, -0.1) is 10.2 Å². The molecular formula is C16H11N3O5. The maximum absolute atomic E-state index is 10.9. The first-order valence-electron chi connectivity index (χ1n) is 7.11. The Kier molecular flexibility index (Phi) is 3.16. The maximum atomic E-state index is 10.9. The third-order valence-electron chi connectivity index (χ3n) is 3.68. The SMILES string of the molecule is Cc1cc(-c2nnc(-c3ccc4c(c3)OCO4)o2)ccc1[N+](=O)[O-]. The number of ether oxygens (including phenoxy) is 2. The summed E-state index contributed by atoms with van der Waals surface area (Å²) in [6.45, 7) is 1.85. The maximum Gasteiger partial charge on any atom is 0.272 e. The fourth-order valence-corrected chi connectivity index (χ4v) is 2.48. The van der Waals surface area contributed by atoms with Gasteiger partial charge in [0.15, 0.2) is 11.5 Å². The molecule has 0 aliphatic carbocycles. The number of hydrogen-bond donors (Lipinski definition) is 0. The molecule has 0 bridgehead atoms. The molecule has 0 spiro atoms. The number of aryl methyl sites for hydroxylation is 1. The van der Waals surface area contributed by atoms with Gasteiger partial charge >= 0.3 is 0 Å². The minimum absolute atomic E-state index is 0.0502. The van der Waals surface area contributed by atoms with E-state index in [0.29, 0.717) is 40.0 Å². The van der Waals surface area contributed by atoms with Crippen LogP contribution in [-0.2, 0) is 0 Å². The number of benzene rings is 2. The van der Waals surface area contributed by atoms with E-state index in [4.69, 9.17) is 13.9 Å². The van der Waals surface area contributed by atoms with Crippen LogP contribution in [-0.4, -0.2) is 21.9 Å². The molecule has 4 rings (SSSR count). The number of fused-ring (bicyclic) bond motifs is 1. The second-order valence-corrected chi connectivity index (χ2v) is 5.24. The second-order valence-electron chi connectivity index (χ2n) is 5.24. The lowest BCUT2D eigenvalue weighted by molar-refractivity contribution is -0.385. The highest BCUT2D eigenvalue weighted by Gasteiger charge is 2.18. The van der Waals surface area contributed by atoms with E-state index in [1.54, 1.807) is 37.3 Å². The van der Waals surface area contributed by atoms with Crippen molar-refractivity contribution in [3.05, 3.63) is 52.1 Å². The Morgan fingerprint density at radius 1 is 1.00 bits per heavy atom. The molecule has 24 heavy (non-hydrogen) atoms. The van der Waals surface area contributed by atoms with Crippen molar-refractivity contribution in [3.8, 4) is 34.4 Å². The Morgan fingerprint density at radius 2 is 1.67 bits per heavy atom. The lowest BCUT2D eigenvalue weighted by atomic mass is 10.1. The molecule has 0 amide bonds. The van der Waals surface area contributed by atoms with Crippen LogP contribution in [0.2, 0.25) is 0 Å². The predicted octanol–water partition coefficient (Wildman–Crippen LogP) is 3.35. The molecule has 0 unspecified atom stereocenters. The molecule has 0 fully saturated rings. The molecule has 120 valence electrons. The zero-order valence-electron chi connectivity index (χ0n) is 12.6. The van der Waals surface area contributed by atoms with Crippen LogP contribution in [0.1, 0.15) is 5.56 Å². The van der Waals surface area contributed by atoms with Gasteiger partial charge in [-0.1, -0.05) is 0 Å². The van der Waals surface area contributed by atoms with Gasteiger partial charge in [0.2, 0.25) is 18.6 Å². The highest BCUT2D eigenvalue weighted by atomic mass is 16.7. The number of nitro groups is 1. The van der Waals surface area contributed by atoms with Crippen molar-refractivity contribution >= 4 is 5.69 Å². The predicted molar refractivity (Wildman–Crippen MR) is 82.7 cm³/mol. The average molecular weight is 325 g/mol. The molecule has 3 aromatic rings. The monoisotopic (exact) mass is 325 g/mol. The number of nitrogens with zero attached hydrogens (tertiary/aromatic N) is 3. The summed E-state index contributed by atoms with van der Waals surface area (Å²) in [5.41, 5.74) is 1.91. The van der Waals surface area contributed by atoms with Gasteiger partial charge in [0, 0.05) is 22.8 Å². The lowest BCUT2D eigenvalue weighted by Crippen LogP contribution is -1.92. The summed E-state index contributed by atoms with van der Waals surface area (Å²) in [4.78, 5) is 10.5. The third kappa shape index (κ3) is 2.34. The Balaban J connectivity index is 1.68. The Hall–Kier alpha value is -3.42. The van der Waals surface area contributed by atoms with Crippen LogP contribution >= 0.6 is 0 Å². The second kappa shape index (κ2) is 5.34. The van der Waals surface area contributed by atoms with Gasteiger partial charge in [0.1, 0.15) is 0 Å². The molecule has 0 saturated heterocycles. The van der Waals surface area contributed by atoms with Crippen LogP contribution in [0.3, 0.4) is 0 Å². The van der Waals surface area contributed by atoms with E-state index in [1.807, 2.05) is 0 Å². The van der Waals surface area contributed by atoms with Gasteiger partial charge in [-0.05, 0) is 37.3 Å². The third-order valence-corrected chi connectivity index (χ3v) is 3.68. The Morgan fingerprint density at radius 3 is 2.38 bits per heavy atom. The summed E-state index contributed by atoms with van der Waals surface area (Å²) < 4.78 is 16.3. The molecule has 8 heteroatoms. The van der Waals surface area contributed by atoms with Gasteiger partial charge in [0.05, 0.1) is 4.92 Å². The first-order valence-corrected chi connectivity index (χ1v) is 7.11. The molecule has 8 nitrogen and oxygen atoms in total. The number of hydrogen-bond acceptors (Lipinski definition) is 7. The molecule has 0 N–H and O–H groups in total. The summed E-state index contributed by atoms with van der Waals surface area (Å²) in [7, 11) is 0. The van der Waals surface area contributed by atoms with Gasteiger partial charge in [-0.25, -0.2) is 0 Å². The Bertz CT molecular complexity index is 951. The molecule has 0 saturated carbocycles. The van der Waals surface area contributed by atoms with Crippen LogP contribution in [0.4, 0.5) is 5.69 Å². The molecule has 2 heterocycles. The molecule has 1 aliphatic rings. The zero-order valence-corrected chi connectivity index (χ0v) is 12.6. The molecule has 0 atom stereocenters. The fraction of sp³-hybridized carbons (Fsp3) is 0.125. The van der Waals surface area contributed by atoms with Crippen molar-refractivity contribution in [2.45, 2.75) is 6.92 Å². The smallest absolute Gasteiger partial charge is 0.272 e. The van der Waals surface area contributed by atoms with Crippen molar-refractivity contribution in [2.24, 2.45) is 0 Å². The topological polar surface area (TPSA) is 101 Å². The van der Waals surface area contributed by atoms with E-state index >= 15 is 0 Å².